The first-order valence-corrected chi connectivity index (χ1v) is 4.57. The second-order valence-corrected chi connectivity index (χ2v) is 3.22. The van der Waals surface area contributed by atoms with E-state index in [9.17, 15) is 22.0 Å². The SMILES string of the molecule is OCCN(CC(F)(F)F)c1ncc(F)cc1F. The van der Waals surface area contributed by atoms with Crippen molar-refractivity contribution in [3.8, 4) is 0 Å². The number of rotatable bonds is 4. The summed E-state index contributed by atoms with van der Waals surface area (Å²) in [6, 6.07) is 0.434. The van der Waals surface area contributed by atoms with Crippen molar-refractivity contribution in [3.05, 3.63) is 23.9 Å². The Morgan fingerprint density at radius 3 is 2.41 bits per heavy atom. The van der Waals surface area contributed by atoms with E-state index in [1.807, 2.05) is 0 Å². The minimum absolute atomic E-state index is 0.434. The van der Waals surface area contributed by atoms with Crippen LogP contribution in [0.1, 0.15) is 0 Å². The van der Waals surface area contributed by atoms with Gasteiger partial charge in [-0.3, -0.25) is 0 Å². The molecule has 0 fully saturated rings. The molecule has 0 spiro atoms. The molecule has 0 amide bonds. The normalized spacial score (nSPS) is 11.6. The number of aliphatic hydroxyl groups excluding tert-OH is 1. The minimum Gasteiger partial charge on any atom is -0.395 e. The Bertz CT molecular complexity index is 382. The number of halogens is 5. The molecule has 1 N–H and O–H groups in total. The monoisotopic (exact) mass is 256 g/mol. The molecule has 96 valence electrons. The fraction of sp³-hybridized carbons (Fsp3) is 0.444. The van der Waals surface area contributed by atoms with Gasteiger partial charge in [0.1, 0.15) is 12.4 Å². The van der Waals surface area contributed by atoms with Gasteiger partial charge in [-0.15, -0.1) is 0 Å². The molecular formula is C9H9F5N2O. The molecule has 0 atom stereocenters. The number of pyridine rings is 1. The van der Waals surface area contributed by atoms with Crippen LogP contribution in [0.3, 0.4) is 0 Å². The maximum absolute atomic E-state index is 13.2. The van der Waals surface area contributed by atoms with E-state index in [0.717, 1.165) is 0 Å². The van der Waals surface area contributed by atoms with Gasteiger partial charge in [0.05, 0.1) is 12.8 Å². The van der Waals surface area contributed by atoms with Gasteiger partial charge in [0.2, 0.25) is 0 Å². The van der Waals surface area contributed by atoms with E-state index >= 15 is 0 Å². The predicted octanol–water partition coefficient (Wildman–Crippen LogP) is 1.72. The second kappa shape index (κ2) is 5.26. The summed E-state index contributed by atoms with van der Waals surface area (Å²) >= 11 is 0. The Morgan fingerprint density at radius 2 is 1.94 bits per heavy atom. The molecule has 0 saturated heterocycles. The van der Waals surface area contributed by atoms with Gasteiger partial charge in [-0.05, 0) is 0 Å². The Balaban J connectivity index is 2.97. The average molecular weight is 256 g/mol. The highest BCUT2D eigenvalue weighted by atomic mass is 19.4. The van der Waals surface area contributed by atoms with E-state index < -0.39 is 43.3 Å². The van der Waals surface area contributed by atoms with Crippen LogP contribution in [0.25, 0.3) is 0 Å². The van der Waals surface area contributed by atoms with E-state index in [1.165, 1.54) is 0 Å². The molecule has 1 aromatic heterocycles. The van der Waals surface area contributed by atoms with Gasteiger partial charge in [0.15, 0.2) is 11.6 Å². The van der Waals surface area contributed by atoms with Crippen LogP contribution in [0, 0.1) is 11.6 Å². The molecule has 0 unspecified atom stereocenters. The summed E-state index contributed by atoms with van der Waals surface area (Å²) in [4.78, 5) is 3.74. The first kappa shape index (κ1) is 13.6. The standard InChI is InChI=1S/C9H9F5N2O/c10-6-3-7(11)8(15-4-6)16(1-2-17)5-9(12,13)14/h3-4,17H,1-2,5H2. The lowest BCUT2D eigenvalue weighted by Crippen LogP contribution is -2.37. The second-order valence-electron chi connectivity index (χ2n) is 3.22. The molecule has 0 aliphatic heterocycles. The summed E-state index contributed by atoms with van der Waals surface area (Å²) in [5.41, 5.74) is 0. The highest BCUT2D eigenvalue weighted by Crippen LogP contribution is 2.22. The summed E-state index contributed by atoms with van der Waals surface area (Å²) in [5, 5.41) is 8.61. The number of alkyl halides is 3. The van der Waals surface area contributed by atoms with Gasteiger partial charge in [-0.2, -0.15) is 13.2 Å². The molecule has 0 saturated carbocycles. The van der Waals surface area contributed by atoms with Gasteiger partial charge in [0, 0.05) is 12.6 Å². The number of hydrogen-bond acceptors (Lipinski definition) is 3. The zero-order chi connectivity index (χ0) is 13.1. The van der Waals surface area contributed by atoms with E-state index in [2.05, 4.69) is 4.98 Å². The van der Waals surface area contributed by atoms with E-state index in [4.69, 9.17) is 5.11 Å². The fourth-order valence-corrected chi connectivity index (χ4v) is 1.24. The largest absolute Gasteiger partial charge is 0.405 e. The fourth-order valence-electron chi connectivity index (χ4n) is 1.24. The molecule has 0 aliphatic carbocycles. The minimum atomic E-state index is -4.57. The molecule has 3 nitrogen and oxygen atoms in total. The van der Waals surface area contributed by atoms with Crippen LogP contribution >= 0.6 is 0 Å². The Kier molecular flexibility index (Phi) is 4.22. The number of aromatic nitrogens is 1. The van der Waals surface area contributed by atoms with Crippen LogP contribution in [0.2, 0.25) is 0 Å². The first-order valence-electron chi connectivity index (χ1n) is 4.57. The lowest BCUT2D eigenvalue weighted by Gasteiger charge is -2.24. The van der Waals surface area contributed by atoms with Crippen molar-refractivity contribution in [2.75, 3.05) is 24.6 Å². The predicted molar refractivity (Wildman–Crippen MR) is 49.5 cm³/mol. The van der Waals surface area contributed by atoms with Crippen molar-refractivity contribution in [2.24, 2.45) is 0 Å². The molecular weight excluding hydrogens is 247 g/mol. The van der Waals surface area contributed by atoms with Gasteiger partial charge in [0.25, 0.3) is 0 Å². The zero-order valence-electron chi connectivity index (χ0n) is 8.51. The third-order valence-electron chi connectivity index (χ3n) is 1.83. The molecule has 0 bridgehead atoms. The summed E-state index contributed by atoms with van der Waals surface area (Å²) < 4.78 is 62.3. The summed E-state index contributed by atoms with van der Waals surface area (Å²) in [6.07, 6.45) is -3.96. The topological polar surface area (TPSA) is 36.4 Å². The van der Waals surface area contributed by atoms with Crippen molar-refractivity contribution in [3.63, 3.8) is 0 Å². The third kappa shape index (κ3) is 4.14. The maximum Gasteiger partial charge on any atom is 0.405 e. The van der Waals surface area contributed by atoms with Crippen molar-refractivity contribution < 1.29 is 27.1 Å². The van der Waals surface area contributed by atoms with Gasteiger partial charge >= 0.3 is 6.18 Å². The van der Waals surface area contributed by atoms with Gasteiger partial charge < -0.3 is 10.0 Å². The molecule has 1 heterocycles. The Morgan fingerprint density at radius 1 is 1.29 bits per heavy atom. The zero-order valence-corrected chi connectivity index (χ0v) is 8.51. The molecule has 0 aromatic carbocycles. The summed E-state index contributed by atoms with van der Waals surface area (Å²) in [6.45, 7) is -2.52. The van der Waals surface area contributed by atoms with Crippen LogP contribution < -0.4 is 4.90 Å². The van der Waals surface area contributed by atoms with Crippen molar-refractivity contribution in [1.29, 1.82) is 0 Å². The quantitative estimate of drug-likeness (QED) is 0.833. The Hall–Kier alpha value is -1.44. The Labute approximate surface area is 93.5 Å². The van der Waals surface area contributed by atoms with Crippen LogP contribution in [0.15, 0.2) is 12.3 Å². The number of anilines is 1. The van der Waals surface area contributed by atoms with Crippen molar-refractivity contribution >= 4 is 5.82 Å². The number of nitrogens with zero attached hydrogens (tertiary/aromatic N) is 2. The molecule has 0 radical (unpaired) electrons. The molecule has 8 heteroatoms. The smallest absolute Gasteiger partial charge is 0.395 e. The van der Waals surface area contributed by atoms with Crippen LogP contribution in [-0.4, -0.2) is 36.0 Å². The third-order valence-corrected chi connectivity index (χ3v) is 1.83. The summed E-state index contributed by atoms with van der Waals surface area (Å²) in [7, 11) is 0. The van der Waals surface area contributed by atoms with Crippen LogP contribution in [0.4, 0.5) is 27.8 Å². The highest BCUT2D eigenvalue weighted by Gasteiger charge is 2.32. The van der Waals surface area contributed by atoms with E-state index in [-0.39, 0.29) is 0 Å². The van der Waals surface area contributed by atoms with Gasteiger partial charge in [-0.1, -0.05) is 0 Å². The number of aliphatic hydroxyl groups is 1. The highest BCUT2D eigenvalue weighted by molar-refractivity contribution is 5.40. The molecule has 0 aliphatic rings. The first-order chi connectivity index (χ1) is 7.83. The molecule has 17 heavy (non-hydrogen) atoms. The van der Waals surface area contributed by atoms with E-state index in [1.54, 1.807) is 0 Å². The molecule has 1 rings (SSSR count). The van der Waals surface area contributed by atoms with Crippen molar-refractivity contribution in [2.45, 2.75) is 6.18 Å². The van der Waals surface area contributed by atoms with Crippen LogP contribution in [-0.2, 0) is 0 Å². The maximum atomic E-state index is 13.2. The average Bonchev–Trinajstić information content (AvgIpc) is 2.14. The lowest BCUT2D eigenvalue weighted by molar-refractivity contribution is -0.120. The van der Waals surface area contributed by atoms with Crippen molar-refractivity contribution in [1.82, 2.24) is 4.98 Å². The summed E-state index contributed by atoms with van der Waals surface area (Å²) in [5.74, 6) is -2.83. The number of hydrogen-bond donors (Lipinski definition) is 1. The van der Waals surface area contributed by atoms with E-state index in [0.29, 0.717) is 17.2 Å². The lowest BCUT2D eigenvalue weighted by atomic mass is 10.3. The molecule has 1 aromatic rings. The van der Waals surface area contributed by atoms with Crippen LogP contribution in [0.5, 0.6) is 0 Å². The van der Waals surface area contributed by atoms with Gasteiger partial charge in [-0.25, -0.2) is 13.8 Å².